The Labute approximate surface area is 163 Å². The van der Waals surface area contributed by atoms with Crippen LogP contribution in [-0.4, -0.2) is 23.2 Å². The Balaban J connectivity index is 2.04. The second-order valence-corrected chi connectivity index (χ2v) is 6.88. The van der Waals surface area contributed by atoms with E-state index in [9.17, 15) is 5.26 Å². The van der Waals surface area contributed by atoms with Gasteiger partial charge in [-0.15, -0.1) is 0 Å². The average Bonchev–Trinajstić information content (AvgIpc) is 3.04. The quantitative estimate of drug-likeness (QED) is 0.602. The fourth-order valence-corrected chi connectivity index (χ4v) is 3.01. The van der Waals surface area contributed by atoms with E-state index in [2.05, 4.69) is 16.0 Å². The molecular formula is C21H20ClN3O2. The number of methoxy groups -OCH3 is 1. The number of halogens is 1. The van der Waals surface area contributed by atoms with Crippen LogP contribution in [0.5, 0.6) is 11.5 Å². The fourth-order valence-electron chi connectivity index (χ4n) is 2.74. The maximum absolute atomic E-state index is 9.62. The topological polar surface area (TPSA) is 70.9 Å². The van der Waals surface area contributed by atoms with E-state index in [0.29, 0.717) is 27.9 Å². The molecule has 3 aromatic rings. The zero-order valence-corrected chi connectivity index (χ0v) is 16.4. The molecule has 0 aliphatic carbocycles. The lowest BCUT2D eigenvalue weighted by atomic mass is 10.1. The Morgan fingerprint density at radius 1 is 1.30 bits per heavy atom. The summed E-state index contributed by atoms with van der Waals surface area (Å²) in [7, 11) is 1.55. The molecule has 0 fully saturated rings. The highest BCUT2D eigenvalue weighted by molar-refractivity contribution is 6.32. The summed E-state index contributed by atoms with van der Waals surface area (Å²) in [6.07, 6.45) is 1.68. The third-order valence-electron chi connectivity index (χ3n) is 3.93. The Hall–Kier alpha value is -2.97. The van der Waals surface area contributed by atoms with Gasteiger partial charge in [0.05, 0.1) is 34.8 Å². The number of aryl methyl sites for hydroxylation is 1. The minimum absolute atomic E-state index is 0.0357. The van der Waals surface area contributed by atoms with Crippen molar-refractivity contribution in [3.8, 4) is 17.6 Å². The molecule has 0 unspecified atom stereocenters. The summed E-state index contributed by atoms with van der Waals surface area (Å²) in [5, 5.41) is 10.0. The normalized spacial score (nSPS) is 11.7. The van der Waals surface area contributed by atoms with E-state index in [1.807, 2.05) is 39.0 Å². The van der Waals surface area contributed by atoms with Crippen molar-refractivity contribution in [1.29, 1.82) is 5.26 Å². The highest BCUT2D eigenvalue weighted by atomic mass is 35.5. The van der Waals surface area contributed by atoms with Crippen LogP contribution in [0.4, 0.5) is 0 Å². The van der Waals surface area contributed by atoms with Crippen LogP contribution in [0.25, 0.3) is 22.7 Å². The van der Waals surface area contributed by atoms with Crippen LogP contribution in [0.15, 0.2) is 30.3 Å². The zero-order chi connectivity index (χ0) is 19.6. The Kier molecular flexibility index (Phi) is 5.38. The second-order valence-electron chi connectivity index (χ2n) is 6.48. The Morgan fingerprint density at radius 2 is 2.07 bits per heavy atom. The molecule has 0 amide bonds. The van der Waals surface area contributed by atoms with Crippen molar-refractivity contribution in [2.45, 2.75) is 26.9 Å². The number of H-pyrrole nitrogens is 1. The number of hydrogen-bond acceptors (Lipinski definition) is 4. The molecule has 1 heterocycles. The maximum atomic E-state index is 9.62. The van der Waals surface area contributed by atoms with Crippen LogP contribution in [0.3, 0.4) is 0 Å². The molecule has 0 saturated heterocycles. The number of fused-ring (bicyclic) bond motifs is 1. The van der Waals surface area contributed by atoms with Gasteiger partial charge in [0, 0.05) is 0 Å². The van der Waals surface area contributed by atoms with Crippen molar-refractivity contribution in [3.63, 3.8) is 0 Å². The van der Waals surface area contributed by atoms with Crippen LogP contribution < -0.4 is 9.47 Å². The minimum Gasteiger partial charge on any atom is -0.493 e. The van der Waals surface area contributed by atoms with Gasteiger partial charge in [0.15, 0.2) is 11.5 Å². The molecule has 0 radical (unpaired) electrons. The number of rotatable bonds is 5. The minimum atomic E-state index is -0.0357. The molecule has 2 aromatic carbocycles. The molecule has 0 atom stereocenters. The SMILES string of the molecule is COc1cc(/C=C(/C#N)c2nc3ccc(C)cc3[nH]2)cc(Cl)c1OC(C)C. The number of benzene rings is 2. The van der Waals surface area contributed by atoms with E-state index < -0.39 is 0 Å². The summed E-state index contributed by atoms with van der Waals surface area (Å²) >= 11 is 6.37. The number of nitrogens with zero attached hydrogens (tertiary/aromatic N) is 2. The summed E-state index contributed by atoms with van der Waals surface area (Å²) in [6, 6.07) is 11.6. The number of aromatic nitrogens is 2. The highest BCUT2D eigenvalue weighted by Crippen LogP contribution is 2.38. The van der Waals surface area contributed by atoms with Crippen molar-refractivity contribution in [2.75, 3.05) is 7.11 Å². The van der Waals surface area contributed by atoms with E-state index >= 15 is 0 Å². The molecule has 3 rings (SSSR count). The fraction of sp³-hybridized carbons (Fsp3) is 0.238. The van der Waals surface area contributed by atoms with Crippen LogP contribution in [0.1, 0.15) is 30.8 Å². The monoisotopic (exact) mass is 381 g/mol. The van der Waals surface area contributed by atoms with E-state index in [0.717, 1.165) is 22.2 Å². The number of nitriles is 1. The van der Waals surface area contributed by atoms with Gasteiger partial charge < -0.3 is 14.5 Å². The Morgan fingerprint density at radius 3 is 2.74 bits per heavy atom. The van der Waals surface area contributed by atoms with Gasteiger partial charge in [0.2, 0.25) is 0 Å². The van der Waals surface area contributed by atoms with Gasteiger partial charge in [-0.25, -0.2) is 4.98 Å². The molecule has 0 saturated carbocycles. The van der Waals surface area contributed by atoms with Crippen molar-refractivity contribution < 1.29 is 9.47 Å². The van der Waals surface area contributed by atoms with Crippen LogP contribution >= 0.6 is 11.6 Å². The zero-order valence-electron chi connectivity index (χ0n) is 15.6. The standard InChI is InChI=1S/C21H20ClN3O2/c1-12(2)27-20-16(22)9-14(10-19(20)26-4)8-15(11-23)21-24-17-6-5-13(3)7-18(17)25-21/h5-10,12H,1-4H3,(H,24,25)/b15-8-. The molecule has 0 aliphatic rings. The first kappa shape index (κ1) is 18.8. The Bertz CT molecular complexity index is 1060. The first-order valence-corrected chi connectivity index (χ1v) is 8.91. The molecule has 1 N–H and O–H groups in total. The number of aromatic amines is 1. The number of ether oxygens (including phenoxy) is 2. The van der Waals surface area contributed by atoms with Crippen molar-refractivity contribution in [3.05, 3.63) is 52.3 Å². The third kappa shape index (κ3) is 4.07. The number of imidazole rings is 1. The molecule has 27 heavy (non-hydrogen) atoms. The lowest BCUT2D eigenvalue weighted by Gasteiger charge is -2.15. The molecule has 0 bridgehead atoms. The first-order valence-electron chi connectivity index (χ1n) is 8.54. The van der Waals surface area contributed by atoms with Crippen LogP contribution in [-0.2, 0) is 0 Å². The highest BCUT2D eigenvalue weighted by Gasteiger charge is 2.14. The van der Waals surface area contributed by atoms with E-state index in [1.165, 1.54) is 0 Å². The number of nitrogens with one attached hydrogen (secondary N) is 1. The smallest absolute Gasteiger partial charge is 0.180 e. The second kappa shape index (κ2) is 7.73. The van der Waals surface area contributed by atoms with Crippen molar-refractivity contribution in [2.24, 2.45) is 0 Å². The van der Waals surface area contributed by atoms with E-state index in [1.54, 1.807) is 25.3 Å². The number of allylic oxidation sites excluding steroid dienone is 1. The molecule has 138 valence electrons. The molecule has 6 heteroatoms. The summed E-state index contributed by atoms with van der Waals surface area (Å²) in [5.41, 5.74) is 3.95. The van der Waals surface area contributed by atoms with Gasteiger partial charge >= 0.3 is 0 Å². The van der Waals surface area contributed by atoms with Crippen LogP contribution in [0.2, 0.25) is 5.02 Å². The van der Waals surface area contributed by atoms with Gasteiger partial charge in [-0.3, -0.25) is 0 Å². The van der Waals surface area contributed by atoms with Gasteiger partial charge in [-0.1, -0.05) is 17.7 Å². The molecular weight excluding hydrogens is 362 g/mol. The third-order valence-corrected chi connectivity index (χ3v) is 4.21. The predicted molar refractivity (Wildman–Crippen MR) is 108 cm³/mol. The first-order chi connectivity index (χ1) is 12.9. The average molecular weight is 382 g/mol. The van der Waals surface area contributed by atoms with Crippen LogP contribution in [0, 0.1) is 18.3 Å². The molecule has 0 aliphatic heterocycles. The van der Waals surface area contributed by atoms with E-state index in [4.69, 9.17) is 21.1 Å². The van der Waals surface area contributed by atoms with Crippen molar-refractivity contribution >= 4 is 34.3 Å². The lowest BCUT2D eigenvalue weighted by Crippen LogP contribution is -2.07. The van der Waals surface area contributed by atoms with E-state index in [-0.39, 0.29) is 6.10 Å². The number of hydrogen-bond donors (Lipinski definition) is 1. The molecule has 5 nitrogen and oxygen atoms in total. The maximum Gasteiger partial charge on any atom is 0.180 e. The van der Waals surface area contributed by atoms with Gasteiger partial charge in [-0.05, 0) is 62.2 Å². The summed E-state index contributed by atoms with van der Waals surface area (Å²) < 4.78 is 11.1. The lowest BCUT2D eigenvalue weighted by molar-refractivity contribution is 0.230. The molecule has 0 spiro atoms. The largest absolute Gasteiger partial charge is 0.493 e. The van der Waals surface area contributed by atoms with Gasteiger partial charge in [0.25, 0.3) is 0 Å². The molecule has 1 aromatic heterocycles. The summed E-state index contributed by atoms with van der Waals surface area (Å²) in [6.45, 7) is 5.84. The summed E-state index contributed by atoms with van der Waals surface area (Å²) in [5.74, 6) is 1.51. The summed E-state index contributed by atoms with van der Waals surface area (Å²) in [4.78, 5) is 7.71. The van der Waals surface area contributed by atoms with Gasteiger partial charge in [-0.2, -0.15) is 5.26 Å². The predicted octanol–water partition coefficient (Wildman–Crippen LogP) is 5.38. The van der Waals surface area contributed by atoms with Gasteiger partial charge in [0.1, 0.15) is 11.9 Å². The van der Waals surface area contributed by atoms with Crippen molar-refractivity contribution in [1.82, 2.24) is 9.97 Å².